The lowest BCUT2D eigenvalue weighted by molar-refractivity contribution is -0.168. The van der Waals surface area contributed by atoms with E-state index in [1.54, 1.807) is 36.7 Å². The van der Waals surface area contributed by atoms with Gasteiger partial charge in [0.05, 0.1) is 18.8 Å². The molecule has 0 aliphatic carbocycles. The molecule has 0 spiro atoms. The Balaban J connectivity index is 2.00. The van der Waals surface area contributed by atoms with Crippen molar-refractivity contribution < 1.29 is 19.1 Å². The van der Waals surface area contributed by atoms with Gasteiger partial charge in [0.2, 0.25) is 0 Å². The molecule has 1 aliphatic rings. The minimum Gasteiger partial charge on any atom is -0.496 e. The first-order valence-electron chi connectivity index (χ1n) is 14.7. The van der Waals surface area contributed by atoms with Crippen LogP contribution in [-0.4, -0.2) is 45.0 Å². The van der Waals surface area contributed by atoms with Gasteiger partial charge in [-0.1, -0.05) is 71.0 Å². The number of hydrogen-bond donors (Lipinski definition) is 0. The molecule has 3 atom stereocenters. The summed E-state index contributed by atoms with van der Waals surface area (Å²) in [5.41, 5.74) is 0.963. The maximum atomic E-state index is 14.9. The van der Waals surface area contributed by atoms with Crippen LogP contribution in [0.5, 0.6) is 5.75 Å². The number of nitrogens with zero attached hydrogens (tertiary/aromatic N) is 3. The molecule has 7 heteroatoms. The number of carbonyl (C=O) groups is 2. The molecular weight excluding hydrogens is 526 g/mol. The van der Waals surface area contributed by atoms with Gasteiger partial charge in [-0.25, -0.2) is 4.79 Å². The van der Waals surface area contributed by atoms with Crippen molar-refractivity contribution in [2.75, 3.05) is 7.11 Å². The lowest BCUT2D eigenvalue weighted by atomic mass is 9.82. The zero-order valence-corrected chi connectivity index (χ0v) is 26.5. The Morgan fingerprint density at radius 1 is 1.02 bits per heavy atom. The van der Waals surface area contributed by atoms with Crippen LogP contribution in [0.3, 0.4) is 0 Å². The molecule has 0 radical (unpaired) electrons. The van der Waals surface area contributed by atoms with E-state index in [0.29, 0.717) is 24.2 Å². The molecule has 7 nitrogen and oxygen atoms in total. The Bertz CT molecular complexity index is 1390. The fraction of sp³-hybridized carbons (Fsp3) is 0.486. The van der Waals surface area contributed by atoms with Gasteiger partial charge in [0, 0.05) is 30.1 Å². The molecule has 1 saturated heterocycles. The van der Waals surface area contributed by atoms with Gasteiger partial charge in [0.15, 0.2) is 0 Å². The molecule has 1 amide bonds. The van der Waals surface area contributed by atoms with Crippen molar-refractivity contribution in [2.45, 2.75) is 96.7 Å². The van der Waals surface area contributed by atoms with Gasteiger partial charge < -0.3 is 14.4 Å². The number of aromatic nitrogens is 2. The first kappa shape index (κ1) is 31.2. The highest BCUT2D eigenvalue weighted by Gasteiger charge is 2.60. The Kier molecular flexibility index (Phi) is 8.81. The summed E-state index contributed by atoms with van der Waals surface area (Å²) in [4.78, 5) is 40.2. The van der Waals surface area contributed by atoms with Gasteiger partial charge in [0.25, 0.3) is 5.91 Å². The van der Waals surface area contributed by atoms with Crippen LogP contribution in [0.2, 0.25) is 0 Å². The van der Waals surface area contributed by atoms with E-state index in [1.165, 1.54) is 0 Å². The highest BCUT2D eigenvalue weighted by molar-refractivity contribution is 6.00. The molecular formula is C35H45N3O4. The third-order valence-corrected chi connectivity index (χ3v) is 7.78. The second-order valence-electron chi connectivity index (χ2n) is 13.8. The van der Waals surface area contributed by atoms with Gasteiger partial charge in [-0.3, -0.25) is 14.8 Å². The number of hydrogen-bond acceptors (Lipinski definition) is 6. The van der Waals surface area contributed by atoms with Crippen LogP contribution in [0.4, 0.5) is 0 Å². The fourth-order valence-electron chi connectivity index (χ4n) is 6.22. The van der Waals surface area contributed by atoms with Crippen LogP contribution >= 0.6 is 0 Å². The summed E-state index contributed by atoms with van der Waals surface area (Å²) in [7, 11) is 1.62. The lowest BCUT2D eigenvalue weighted by Crippen LogP contribution is -2.56. The van der Waals surface area contributed by atoms with E-state index in [0.717, 1.165) is 16.8 Å². The van der Waals surface area contributed by atoms with E-state index >= 15 is 0 Å². The SMILES string of the molecule is COc1cc(C(=O)N2[C@@H](c3ccccc3)[C@@H](c3cnccn3)C[C@@]2(CC(C)C)C(=O)OC(C)(C)C)ccc1C(C)(C)C. The molecule has 4 rings (SSSR count). The zero-order chi connectivity index (χ0) is 30.9. The number of ether oxygens (including phenoxy) is 2. The van der Waals surface area contributed by atoms with Crippen molar-refractivity contribution >= 4 is 11.9 Å². The summed E-state index contributed by atoms with van der Waals surface area (Å²) in [5.74, 6) is -0.195. The van der Waals surface area contributed by atoms with Crippen molar-refractivity contribution in [3.8, 4) is 5.75 Å². The monoisotopic (exact) mass is 571 g/mol. The van der Waals surface area contributed by atoms with Gasteiger partial charge in [-0.2, -0.15) is 0 Å². The number of rotatable bonds is 7. The number of carbonyl (C=O) groups excluding carboxylic acids is 2. The maximum absolute atomic E-state index is 14.9. The number of esters is 1. The van der Waals surface area contributed by atoms with E-state index in [2.05, 4.69) is 44.6 Å². The molecule has 0 saturated carbocycles. The molecule has 1 fully saturated rings. The average molecular weight is 572 g/mol. The third-order valence-electron chi connectivity index (χ3n) is 7.78. The molecule has 3 aromatic rings. The van der Waals surface area contributed by atoms with Crippen molar-refractivity contribution in [1.82, 2.24) is 14.9 Å². The highest BCUT2D eigenvalue weighted by atomic mass is 16.6. The molecule has 0 N–H and O–H groups in total. The minimum atomic E-state index is -1.24. The second-order valence-corrected chi connectivity index (χ2v) is 13.8. The number of benzene rings is 2. The van der Waals surface area contributed by atoms with Gasteiger partial charge in [-0.15, -0.1) is 0 Å². The highest BCUT2D eigenvalue weighted by Crippen LogP contribution is 2.55. The largest absolute Gasteiger partial charge is 0.496 e. The first-order chi connectivity index (χ1) is 19.7. The summed E-state index contributed by atoms with van der Waals surface area (Å²) in [6.07, 6.45) is 5.84. The normalized spacial score (nSPS) is 21.0. The van der Waals surface area contributed by atoms with Gasteiger partial charge in [-0.05, 0) is 68.2 Å². The smallest absolute Gasteiger partial charge is 0.332 e. The van der Waals surface area contributed by atoms with Crippen LogP contribution in [0.15, 0.2) is 67.1 Å². The second kappa shape index (κ2) is 11.9. The van der Waals surface area contributed by atoms with Crippen LogP contribution in [0.25, 0.3) is 0 Å². The zero-order valence-electron chi connectivity index (χ0n) is 26.5. The first-order valence-corrected chi connectivity index (χ1v) is 14.7. The molecule has 2 aromatic carbocycles. The number of methoxy groups -OCH3 is 1. The third kappa shape index (κ3) is 6.35. The van der Waals surface area contributed by atoms with E-state index in [1.807, 2.05) is 63.2 Å². The number of likely N-dealkylation sites (tertiary alicyclic amines) is 1. The van der Waals surface area contributed by atoms with Crippen molar-refractivity contribution in [2.24, 2.45) is 5.92 Å². The summed E-state index contributed by atoms with van der Waals surface area (Å²) in [5, 5.41) is 0. The predicted molar refractivity (Wildman–Crippen MR) is 164 cm³/mol. The molecule has 0 bridgehead atoms. The summed E-state index contributed by atoms with van der Waals surface area (Å²) < 4.78 is 11.9. The maximum Gasteiger partial charge on any atom is 0.332 e. The molecule has 2 heterocycles. The Hall–Kier alpha value is -3.74. The standard InChI is InChI=1S/C35H45N3O4/c1-23(2)20-35(32(40)42-34(6,7)8)21-26(28-22-36-17-18-37-28)30(24-13-11-10-12-14-24)38(35)31(39)25-15-16-27(33(3,4)5)29(19-25)41-9/h10-19,22-23,26,30H,20-21H2,1-9H3/t26-,30+,35+/m1/s1. The van der Waals surface area contributed by atoms with Crippen LogP contribution in [0, 0.1) is 5.92 Å². The van der Waals surface area contributed by atoms with Crippen molar-refractivity contribution in [3.05, 3.63) is 89.5 Å². The minimum absolute atomic E-state index is 0.0997. The predicted octanol–water partition coefficient (Wildman–Crippen LogP) is 7.28. The van der Waals surface area contributed by atoms with E-state index in [4.69, 9.17) is 9.47 Å². The average Bonchev–Trinajstić information content (AvgIpc) is 3.27. The van der Waals surface area contributed by atoms with Crippen LogP contribution < -0.4 is 4.74 Å². The Labute approximate surface area is 250 Å². The lowest BCUT2D eigenvalue weighted by Gasteiger charge is -2.42. The van der Waals surface area contributed by atoms with E-state index in [9.17, 15) is 9.59 Å². The van der Waals surface area contributed by atoms with Crippen LogP contribution in [0.1, 0.15) is 107 Å². The van der Waals surface area contributed by atoms with Crippen molar-refractivity contribution in [1.29, 1.82) is 0 Å². The van der Waals surface area contributed by atoms with Crippen molar-refractivity contribution in [3.63, 3.8) is 0 Å². The van der Waals surface area contributed by atoms with Gasteiger partial charge >= 0.3 is 5.97 Å². The fourth-order valence-corrected chi connectivity index (χ4v) is 6.22. The molecule has 42 heavy (non-hydrogen) atoms. The Morgan fingerprint density at radius 3 is 2.26 bits per heavy atom. The van der Waals surface area contributed by atoms with E-state index in [-0.39, 0.29) is 23.2 Å². The molecule has 1 aliphatic heterocycles. The number of amides is 1. The summed E-state index contributed by atoms with van der Waals surface area (Å²) in [6, 6.07) is 15.0. The Morgan fingerprint density at radius 2 is 1.71 bits per heavy atom. The molecule has 224 valence electrons. The van der Waals surface area contributed by atoms with Crippen LogP contribution in [-0.2, 0) is 14.9 Å². The topological polar surface area (TPSA) is 81.6 Å². The van der Waals surface area contributed by atoms with E-state index < -0.39 is 23.2 Å². The quantitative estimate of drug-likeness (QED) is 0.277. The molecule has 0 unspecified atom stereocenters. The summed E-state index contributed by atoms with van der Waals surface area (Å²) >= 11 is 0. The van der Waals surface area contributed by atoms with Gasteiger partial charge in [0.1, 0.15) is 16.9 Å². The summed E-state index contributed by atoms with van der Waals surface area (Å²) in [6.45, 7) is 16.1. The molecule has 1 aromatic heterocycles.